The monoisotopic (exact) mass is 276 g/mol. The number of alkyl halides is 1. The van der Waals surface area contributed by atoms with Gasteiger partial charge in [0.05, 0.1) is 4.90 Å². The fourth-order valence-corrected chi connectivity index (χ4v) is 1.85. The minimum atomic E-state index is -3.64. The van der Waals surface area contributed by atoms with E-state index in [-0.39, 0.29) is 16.7 Å². The van der Waals surface area contributed by atoms with E-state index in [4.69, 9.17) is 16.7 Å². The van der Waals surface area contributed by atoms with Crippen molar-refractivity contribution in [3.8, 4) is 0 Å². The van der Waals surface area contributed by atoms with Gasteiger partial charge in [0, 0.05) is 6.54 Å². The lowest BCUT2D eigenvalue weighted by atomic mass is 10.1. The lowest BCUT2D eigenvalue weighted by molar-refractivity contribution is -0.118. The Labute approximate surface area is 105 Å². The van der Waals surface area contributed by atoms with Crippen LogP contribution >= 0.6 is 11.6 Å². The average molecular weight is 277 g/mol. The molecule has 0 saturated heterocycles. The van der Waals surface area contributed by atoms with Crippen LogP contribution in [0.4, 0.5) is 0 Å². The largest absolute Gasteiger partial charge is 0.355 e. The molecule has 1 amide bonds. The molecule has 1 rings (SSSR count). The third-order valence-corrected chi connectivity index (χ3v) is 3.28. The summed E-state index contributed by atoms with van der Waals surface area (Å²) in [6, 6.07) is 6.20. The molecule has 0 radical (unpaired) electrons. The number of nitrogens with one attached hydrogen (secondary N) is 1. The molecule has 0 aliphatic rings. The topological polar surface area (TPSA) is 89.3 Å². The molecule has 0 fully saturated rings. The SMILES string of the molecule is NS(=O)(=O)c1ccc(CCNC(=O)CCl)cc1. The van der Waals surface area contributed by atoms with Gasteiger partial charge in [-0.25, -0.2) is 13.6 Å². The van der Waals surface area contributed by atoms with E-state index in [1.807, 2.05) is 0 Å². The fraction of sp³-hybridized carbons (Fsp3) is 0.300. The highest BCUT2D eigenvalue weighted by molar-refractivity contribution is 7.89. The van der Waals surface area contributed by atoms with Gasteiger partial charge in [-0.2, -0.15) is 0 Å². The van der Waals surface area contributed by atoms with Crippen molar-refractivity contribution < 1.29 is 13.2 Å². The van der Waals surface area contributed by atoms with Crippen LogP contribution in [0, 0.1) is 0 Å². The van der Waals surface area contributed by atoms with Crippen LogP contribution in [-0.4, -0.2) is 26.7 Å². The number of primary sulfonamides is 1. The van der Waals surface area contributed by atoms with E-state index in [0.717, 1.165) is 5.56 Å². The molecule has 0 bridgehead atoms. The van der Waals surface area contributed by atoms with Gasteiger partial charge in [0.1, 0.15) is 5.88 Å². The number of carbonyl (C=O) groups excluding carboxylic acids is 1. The summed E-state index contributed by atoms with van der Waals surface area (Å²) in [6.45, 7) is 0.459. The van der Waals surface area contributed by atoms with E-state index in [1.54, 1.807) is 12.1 Å². The first-order valence-electron chi connectivity index (χ1n) is 4.88. The molecule has 0 aliphatic heterocycles. The number of benzene rings is 1. The number of halogens is 1. The van der Waals surface area contributed by atoms with Crippen molar-refractivity contribution in [3.05, 3.63) is 29.8 Å². The second-order valence-electron chi connectivity index (χ2n) is 3.42. The lowest BCUT2D eigenvalue weighted by Crippen LogP contribution is -2.26. The fourth-order valence-electron chi connectivity index (χ4n) is 1.24. The third-order valence-electron chi connectivity index (χ3n) is 2.11. The Balaban J connectivity index is 2.55. The molecule has 5 nitrogen and oxygen atoms in total. The summed E-state index contributed by atoms with van der Waals surface area (Å²) in [5.41, 5.74) is 0.910. The molecule has 0 aromatic heterocycles. The summed E-state index contributed by atoms with van der Waals surface area (Å²) < 4.78 is 22.0. The molecular weight excluding hydrogens is 264 g/mol. The molecule has 0 aliphatic carbocycles. The Morgan fingerprint density at radius 1 is 1.29 bits per heavy atom. The number of hydrogen-bond donors (Lipinski definition) is 2. The van der Waals surface area contributed by atoms with Crippen LogP contribution in [0.25, 0.3) is 0 Å². The van der Waals surface area contributed by atoms with Crippen LogP contribution in [0.5, 0.6) is 0 Å². The van der Waals surface area contributed by atoms with Crippen molar-refractivity contribution in [2.75, 3.05) is 12.4 Å². The highest BCUT2D eigenvalue weighted by atomic mass is 35.5. The van der Waals surface area contributed by atoms with E-state index in [1.165, 1.54) is 12.1 Å². The van der Waals surface area contributed by atoms with Gasteiger partial charge in [-0.3, -0.25) is 4.79 Å². The zero-order chi connectivity index (χ0) is 12.9. The van der Waals surface area contributed by atoms with Crippen LogP contribution in [0.2, 0.25) is 0 Å². The van der Waals surface area contributed by atoms with Gasteiger partial charge < -0.3 is 5.32 Å². The normalized spacial score (nSPS) is 11.2. The molecule has 7 heteroatoms. The van der Waals surface area contributed by atoms with Crippen molar-refractivity contribution in [1.29, 1.82) is 0 Å². The smallest absolute Gasteiger partial charge is 0.238 e. The summed E-state index contributed by atoms with van der Waals surface area (Å²) >= 11 is 5.31. The van der Waals surface area contributed by atoms with Gasteiger partial charge in [0.2, 0.25) is 15.9 Å². The van der Waals surface area contributed by atoms with E-state index in [9.17, 15) is 13.2 Å². The molecule has 0 saturated carbocycles. The van der Waals surface area contributed by atoms with E-state index >= 15 is 0 Å². The number of hydrogen-bond acceptors (Lipinski definition) is 3. The maximum absolute atomic E-state index is 11.0. The van der Waals surface area contributed by atoms with Gasteiger partial charge in [0.25, 0.3) is 0 Å². The van der Waals surface area contributed by atoms with E-state index in [2.05, 4.69) is 5.32 Å². The van der Waals surface area contributed by atoms with Crippen molar-refractivity contribution in [1.82, 2.24) is 5.32 Å². The molecule has 0 heterocycles. The Hall–Kier alpha value is -1.11. The molecule has 1 aromatic carbocycles. The van der Waals surface area contributed by atoms with Crippen LogP contribution in [0.3, 0.4) is 0 Å². The summed E-state index contributed by atoms with van der Waals surface area (Å²) in [4.78, 5) is 10.9. The molecule has 17 heavy (non-hydrogen) atoms. The van der Waals surface area contributed by atoms with E-state index < -0.39 is 10.0 Å². The quantitative estimate of drug-likeness (QED) is 0.755. The molecule has 0 spiro atoms. The Kier molecular flexibility index (Phi) is 4.92. The van der Waals surface area contributed by atoms with Crippen LogP contribution in [0.1, 0.15) is 5.56 Å². The number of amides is 1. The first-order valence-corrected chi connectivity index (χ1v) is 6.96. The number of nitrogens with two attached hydrogens (primary N) is 1. The van der Waals surface area contributed by atoms with Gasteiger partial charge in [0.15, 0.2) is 0 Å². The zero-order valence-corrected chi connectivity index (χ0v) is 10.6. The van der Waals surface area contributed by atoms with Crippen LogP contribution < -0.4 is 10.5 Å². The molecule has 94 valence electrons. The van der Waals surface area contributed by atoms with Crippen LogP contribution in [0.15, 0.2) is 29.2 Å². The number of rotatable bonds is 5. The predicted molar refractivity (Wildman–Crippen MR) is 65.2 cm³/mol. The summed E-state index contributed by atoms with van der Waals surface area (Å²) in [5, 5.41) is 7.58. The molecule has 3 N–H and O–H groups in total. The first-order chi connectivity index (χ1) is 7.93. The highest BCUT2D eigenvalue weighted by Crippen LogP contribution is 2.08. The van der Waals surface area contributed by atoms with Crippen molar-refractivity contribution in [2.24, 2.45) is 5.14 Å². The average Bonchev–Trinajstić information content (AvgIpc) is 2.28. The minimum absolute atomic E-state index is 0.0651. The molecule has 0 unspecified atom stereocenters. The van der Waals surface area contributed by atoms with Gasteiger partial charge in [-0.05, 0) is 24.1 Å². The summed E-state index contributed by atoms with van der Waals surface area (Å²) in [7, 11) is -3.64. The zero-order valence-electron chi connectivity index (χ0n) is 9.02. The Bertz CT molecular complexity index is 485. The standard InChI is InChI=1S/C10H13ClN2O3S/c11-7-10(14)13-6-5-8-1-3-9(4-2-8)17(12,15)16/h1-4H,5-7H2,(H,13,14)(H2,12,15,16). The second-order valence-corrected chi connectivity index (χ2v) is 5.25. The number of sulfonamides is 1. The lowest BCUT2D eigenvalue weighted by Gasteiger charge is -2.04. The summed E-state index contributed by atoms with van der Waals surface area (Å²) in [6.07, 6.45) is 0.605. The van der Waals surface area contributed by atoms with Gasteiger partial charge in [-0.1, -0.05) is 12.1 Å². The maximum atomic E-state index is 11.0. The third kappa shape index (κ3) is 4.72. The summed E-state index contributed by atoms with van der Waals surface area (Å²) in [5.74, 6) is -0.294. The highest BCUT2D eigenvalue weighted by Gasteiger charge is 2.06. The van der Waals surface area contributed by atoms with Crippen LogP contribution in [-0.2, 0) is 21.2 Å². The van der Waals surface area contributed by atoms with Gasteiger partial charge >= 0.3 is 0 Å². The second kappa shape index (κ2) is 6.00. The minimum Gasteiger partial charge on any atom is -0.355 e. The number of carbonyl (C=O) groups is 1. The van der Waals surface area contributed by atoms with Crippen molar-refractivity contribution in [3.63, 3.8) is 0 Å². The van der Waals surface area contributed by atoms with Crippen molar-refractivity contribution >= 4 is 27.5 Å². The Morgan fingerprint density at radius 3 is 2.35 bits per heavy atom. The van der Waals surface area contributed by atoms with E-state index in [0.29, 0.717) is 13.0 Å². The molecular formula is C10H13ClN2O3S. The van der Waals surface area contributed by atoms with Crippen molar-refractivity contribution in [2.45, 2.75) is 11.3 Å². The molecule has 1 aromatic rings. The predicted octanol–water partition coefficient (Wildman–Crippen LogP) is 0.231. The van der Waals surface area contributed by atoms with Gasteiger partial charge in [-0.15, -0.1) is 11.6 Å². The maximum Gasteiger partial charge on any atom is 0.238 e. The Morgan fingerprint density at radius 2 is 1.88 bits per heavy atom. The molecule has 0 atom stereocenters. The first kappa shape index (κ1) is 14.0.